The maximum absolute atomic E-state index is 12.7. The number of hydrogen-bond donors (Lipinski definition) is 1. The molecule has 0 saturated heterocycles. The minimum absolute atomic E-state index is 0.00404. The van der Waals surface area contributed by atoms with Crippen LogP contribution in [0.4, 0.5) is 11.4 Å². The molecule has 1 amide bonds. The van der Waals surface area contributed by atoms with E-state index in [9.17, 15) is 25.0 Å². The van der Waals surface area contributed by atoms with Crippen LogP contribution in [0, 0.1) is 34.1 Å². The van der Waals surface area contributed by atoms with E-state index in [0.717, 1.165) is 17.1 Å². The van der Waals surface area contributed by atoms with Crippen molar-refractivity contribution >= 4 is 23.5 Å². The van der Waals surface area contributed by atoms with Crippen LogP contribution in [0.1, 0.15) is 45.8 Å². The number of aromatic nitrogens is 1. The molecule has 0 spiro atoms. The Balaban J connectivity index is 1.20. The largest absolute Gasteiger partial charge is 0.490 e. The van der Waals surface area contributed by atoms with Gasteiger partial charge in [0, 0.05) is 40.8 Å². The van der Waals surface area contributed by atoms with Crippen molar-refractivity contribution in [3.05, 3.63) is 139 Å². The van der Waals surface area contributed by atoms with Gasteiger partial charge in [-0.05, 0) is 93.1 Å². The Morgan fingerprint density at radius 2 is 1.58 bits per heavy atom. The second kappa shape index (κ2) is 14.8. The lowest BCUT2D eigenvalue weighted by Crippen LogP contribution is -2.16. The molecule has 0 aliphatic heterocycles. The van der Waals surface area contributed by atoms with Gasteiger partial charge in [0.05, 0.1) is 22.7 Å². The van der Waals surface area contributed by atoms with E-state index in [-0.39, 0.29) is 48.3 Å². The summed E-state index contributed by atoms with van der Waals surface area (Å²) in [6.45, 7) is 5.97. The number of non-ortho nitro benzene ring substituents is 1. The summed E-state index contributed by atoms with van der Waals surface area (Å²) in [7, 11) is 0. The minimum Gasteiger partial charge on any atom is -0.490 e. The van der Waals surface area contributed by atoms with Crippen LogP contribution in [0.5, 0.6) is 17.2 Å². The molecule has 0 fully saturated rings. The van der Waals surface area contributed by atoms with Crippen LogP contribution in [0.15, 0.2) is 94.4 Å². The molecule has 0 unspecified atom stereocenters. The molecule has 0 radical (unpaired) electrons. The zero-order chi connectivity index (χ0) is 34.2. The van der Waals surface area contributed by atoms with Gasteiger partial charge in [-0.3, -0.25) is 25.0 Å². The van der Waals surface area contributed by atoms with E-state index >= 15 is 0 Å². The zero-order valence-corrected chi connectivity index (χ0v) is 26.2. The van der Waals surface area contributed by atoms with Gasteiger partial charge in [-0.25, -0.2) is 5.43 Å². The van der Waals surface area contributed by atoms with Crippen LogP contribution < -0.4 is 19.6 Å². The first kappa shape index (κ1) is 32.9. The fraction of sp³-hybridized carbons (Fsp3) is 0.176. The number of nitro benzene ring substituents is 2. The molecule has 3 aromatic carbocycles. The van der Waals surface area contributed by atoms with E-state index in [4.69, 9.17) is 18.6 Å². The third-order valence-corrected chi connectivity index (χ3v) is 7.10. The van der Waals surface area contributed by atoms with E-state index in [1.54, 1.807) is 13.0 Å². The molecular weight excluding hydrogens is 622 g/mol. The summed E-state index contributed by atoms with van der Waals surface area (Å²) < 4.78 is 24.9. The van der Waals surface area contributed by atoms with Crippen molar-refractivity contribution < 1.29 is 33.3 Å². The fourth-order valence-electron chi connectivity index (χ4n) is 4.82. The molecule has 48 heavy (non-hydrogen) atoms. The standard InChI is InChI=1S/C34H31N5O9/c1-4-45-32-18-25(17-30(39(43)44)33(32)47-20-24-7-9-27(10-8-24)38(41)42)19-35-36-34(40)31-16-15-29(48-31)21-46-28-13-11-26(12-14-28)37-22(2)5-6-23(37)3/h5-19H,4,20-21H2,1-3H3,(H,36,40)/b35-19+. The number of amides is 1. The van der Waals surface area contributed by atoms with Gasteiger partial charge in [0.15, 0.2) is 11.5 Å². The quantitative estimate of drug-likeness (QED) is 0.0766. The molecule has 246 valence electrons. The molecule has 0 atom stereocenters. The Morgan fingerprint density at radius 1 is 0.875 bits per heavy atom. The lowest BCUT2D eigenvalue weighted by Gasteiger charge is -2.13. The Morgan fingerprint density at radius 3 is 2.23 bits per heavy atom. The van der Waals surface area contributed by atoms with E-state index in [2.05, 4.69) is 27.2 Å². The number of nitrogens with zero attached hydrogens (tertiary/aromatic N) is 4. The lowest BCUT2D eigenvalue weighted by molar-refractivity contribution is -0.386. The molecule has 2 aromatic heterocycles. The Labute approximate surface area is 274 Å². The molecule has 0 bridgehead atoms. The number of hydrazone groups is 1. The van der Waals surface area contributed by atoms with E-state index in [1.165, 1.54) is 48.7 Å². The van der Waals surface area contributed by atoms with Gasteiger partial charge in [-0.1, -0.05) is 0 Å². The predicted molar refractivity (Wildman–Crippen MR) is 175 cm³/mol. The predicted octanol–water partition coefficient (Wildman–Crippen LogP) is 6.82. The third kappa shape index (κ3) is 7.85. The van der Waals surface area contributed by atoms with Crippen molar-refractivity contribution in [2.75, 3.05) is 6.61 Å². The number of hydrogen-bond acceptors (Lipinski definition) is 10. The average molecular weight is 654 g/mol. The highest BCUT2D eigenvalue weighted by atomic mass is 16.6. The summed E-state index contributed by atoms with van der Waals surface area (Å²) in [5.74, 6) is 0.385. The molecule has 5 aromatic rings. The smallest absolute Gasteiger partial charge is 0.315 e. The van der Waals surface area contributed by atoms with Crippen LogP contribution in [-0.4, -0.2) is 33.1 Å². The second-order valence-electron chi connectivity index (χ2n) is 10.5. The zero-order valence-electron chi connectivity index (χ0n) is 26.2. The van der Waals surface area contributed by atoms with Crippen LogP contribution in [0.3, 0.4) is 0 Å². The summed E-state index contributed by atoms with van der Waals surface area (Å²) in [4.78, 5) is 34.3. The number of carbonyl (C=O) groups is 1. The number of furan rings is 1. The Hall–Kier alpha value is -6.44. The van der Waals surface area contributed by atoms with Gasteiger partial charge in [0.1, 0.15) is 24.7 Å². The molecule has 0 aliphatic carbocycles. The number of rotatable bonds is 14. The normalized spacial score (nSPS) is 11.0. The molecule has 2 heterocycles. The maximum Gasteiger partial charge on any atom is 0.315 e. The SMILES string of the molecule is CCOc1cc(/C=N/NC(=O)c2ccc(COc3ccc(-n4c(C)ccc4C)cc3)o2)cc([N+](=O)[O-])c1OCc1ccc([N+](=O)[O-])cc1. The Bertz CT molecular complexity index is 1940. The first-order valence-electron chi connectivity index (χ1n) is 14.7. The highest BCUT2D eigenvalue weighted by Crippen LogP contribution is 2.39. The van der Waals surface area contributed by atoms with Crippen LogP contribution >= 0.6 is 0 Å². The molecule has 0 saturated carbocycles. The van der Waals surface area contributed by atoms with E-state index in [0.29, 0.717) is 17.1 Å². The first-order valence-corrected chi connectivity index (χ1v) is 14.7. The van der Waals surface area contributed by atoms with Gasteiger partial charge in [-0.15, -0.1) is 0 Å². The topological polar surface area (TPSA) is 173 Å². The summed E-state index contributed by atoms with van der Waals surface area (Å²) >= 11 is 0. The van der Waals surface area contributed by atoms with Gasteiger partial charge in [-0.2, -0.15) is 5.10 Å². The highest BCUT2D eigenvalue weighted by Gasteiger charge is 2.23. The highest BCUT2D eigenvalue weighted by molar-refractivity contribution is 5.92. The van der Waals surface area contributed by atoms with Crippen molar-refractivity contribution in [2.45, 2.75) is 34.0 Å². The molecule has 14 nitrogen and oxygen atoms in total. The second-order valence-corrected chi connectivity index (χ2v) is 10.5. The molecular formula is C34H31N5O9. The molecule has 5 rings (SSSR count). The van der Waals surface area contributed by atoms with Crippen molar-refractivity contribution in [3.8, 4) is 22.9 Å². The third-order valence-electron chi connectivity index (χ3n) is 7.10. The molecule has 0 aliphatic rings. The van der Waals surface area contributed by atoms with Crippen LogP contribution in [0.25, 0.3) is 5.69 Å². The number of aryl methyl sites for hydroxylation is 2. The number of nitro groups is 2. The van der Waals surface area contributed by atoms with Gasteiger partial charge < -0.3 is 23.2 Å². The summed E-state index contributed by atoms with van der Waals surface area (Å²) in [5.41, 5.74) is 5.96. The number of carbonyl (C=O) groups excluding carboxylic acids is 1. The monoisotopic (exact) mass is 653 g/mol. The van der Waals surface area contributed by atoms with Crippen molar-refractivity contribution in [1.82, 2.24) is 9.99 Å². The summed E-state index contributed by atoms with van der Waals surface area (Å²) in [5, 5.41) is 26.7. The first-order chi connectivity index (χ1) is 23.1. The van der Waals surface area contributed by atoms with Gasteiger partial charge in [0.2, 0.25) is 5.75 Å². The fourth-order valence-corrected chi connectivity index (χ4v) is 4.82. The lowest BCUT2D eigenvalue weighted by atomic mass is 10.1. The number of nitrogens with one attached hydrogen (secondary N) is 1. The van der Waals surface area contributed by atoms with Crippen molar-refractivity contribution in [2.24, 2.45) is 5.10 Å². The van der Waals surface area contributed by atoms with Crippen molar-refractivity contribution in [3.63, 3.8) is 0 Å². The molecule has 14 heteroatoms. The summed E-state index contributed by atoms with van der Waals surface area (Å²) in [6, 6.07) is 23.2. The minimum atomic E-state index is -0.637. The maximum atomic E-state index is 12.7. The van der Waals surface area contributed by atoms with E-state index in [1.807, 2.05) is 38.1 Å². The van der Waals surface area contributed by atoms with Crippen molar-refractivity contribution in [1.29, 1.82) is 0 Å². The summed E-state index contributed by atoms with van der Waals surface area (Å²) in [6.07, 6.45) is 1.22. The van der Waals surface area contributed by atoms with E-state index < -0.39 is 21.4 Å². The van der Waals surface area contributed by atoms with Gasteiger partial charge >= 0.3 is 11.6 Å². The van der Waals surface area contributed by atoms with Gasteiger partial charge in [0.25, 0.3) is 5.69 Å². The molecule has 1 N–H and O–H groups in total. The number of ether oxygens (including phenoxy) is 3. The number of benzene rings is 3. The average Bonchev–Trinajstić information content (AvgIpc) is 3.69. The Kier molecular flexibility index (Phi) is 10.1. The van der Waals surface area contributed by atoms with Crippen LogP contribution in [-0.2, 0) is 13.2 Å². The van der Waals surface area contributed by atoms with Crippen LogP contribution in [0.2, 0.25) is 0 Å².